The van der Waals surface area contributed by atoms with Gasteiger partial charge in [0.2, 0.25) is 5.91 Å². The Labute approximate surface area is 153 Å². The van der Waals surface area contributed by atoms with Gasteiger partial charge in [0.25, 0.3) is 0 Å². The average Bonchev–Trinajstić information content (AvgIpc) is 3.29. The normalized spacial score (nSPS) is 15.6. The molecule has 1 saturated heterocycles. The van der Waals surface area contributed by atoms with E-state index in [0.29, 0.717) is 19.6 Å². The molecule has 1 N–H and O–H groups in total. The molecule has 3 rings (SSSR count). The summed E-state index contributed by atoms with van der Waals surface area (Å²) in [6.45, 7) is 6.03. The first kappa shape index (κ1) is 18.0. The van der Waals surface area contributed by atoms with Crippen LogP contribution in [0, 0.1) is 0 Å². The lowest BCUT2D eigenvalue weighted by Gasteiger charge is -2.35. The maximum Gasteiger partial charge on any atom is 0.246 e. The molecule has 9 heteroatoms. The van der Waals surface area contributed by atoms with Crippen LogP contribution in [-0.4, -0.2) is 69.1 Å². The van der Waals surface area contributed by atoms with Gasteiger partial charge in [0.15, 0.2) is 5.96 Å². The number of aliphatic imine (C=N–C) groups is 1. The number of aromatic nitrogens is 4. The molecule has 0 radical (unpaired) electrons. The smallest absolute Gasteiger partial charge is 0.246 e. The van der Waals surface area contributed by atoms with Gasteiger partial charge in [-0.15, -0.1) is 0 Å². The van der Waals surface area contributed by atoms with Crippen LogP contribution < -0.4 is 10.2 Å². The fourth-order valence-corrected chi connectivity index (χ4v) is 2.95. The van der Waals surface area contributed by atoms with Gasteiger partial charge in [0.05, 0.1) is 11.9 Å². The van der Waals surface area contributed by atoms with Crippen LogP contribution >= 0.6 is 0 Å². The summed E-state index contributed by atoms with van der Waals surface area (Å²) < 4.78 is 3.61. The summed E-state index contributed by atoms with van der Waals surface area (Å²) in [7, 11) is 1.85. The molecule has 0 atom stereocenters. The van der Waals surface area contributed by atoms with Crippen LogP contribution in [0.4, 0.5) is 5.69 Å². The average molecular weight is 358 g/mol. The van der Waals surface area contributed by atoms with Crippen molar-refractivity contribution in [3.63, 3.8) is 0 Å². The zero-order valence-corrected chi connectivity index (χ0v) is 15.4. The number of carbonyl (C=O) groups excluding carboxylic acids is 1. The summed E-state index contributed by atoms with van der Waals surface area (Å²) in [6, 6.07) is 1.92. The molecular formula is C17H26N8O. The third-order valence-corrected chi connectivity index (χ3v) is 4.22. The summed E-state index contributed by atoms with van der Waals surface area (Å²) in [5.74, 6) is 0.860. The van der Waals surface area contributed by atoms with Gasteiger partial charge >= 0.3 is 0 Å². The molecule has 0 unspecified atom stereocenters. The lowest BCUT2D eigenvalue weighted by Crippen LogP contribution is -2.55. The molecule has 2 aromatic heterocycles. The minimum Gasteiger partial charge on any atom is -0.357 e. The van der Waals surface area contributed by atoms with Crippen LogP contribution in [0.15, 0.2) is 35.8 Å². The lowest BCUT2D eigenvalue weighted by atomic mass is 10.3. The summed E-state index contributed by atoms with van der Waals surface area (Å²) >= 11 is 0. The zero-order chi connectivity index (χ0) is 18.4. The van der Waals surface area contributed by atoms with Crippen molar-refractivity contribution < 1.29 is 4.79 Å². The third kappa shape index (κ3) is 4.41. The number of piperazine rings is 1. The van der Waals surface area contributed by atoms with Crippen molar-refractivity contribution in [2.45, 2.75) is 19.9 Å². The number of nitrogens with zero attached hydrogens (tertiary/aromatic N) is 7. The first-order chi connectivity index (χ1) is 12.7. The number of carbonyl (C=O) groups is 1. The molecule has 2 aromatic rings. The van der Waals surface area contributed by atoms with Gasteiger partial charge in [0, 0.05) is 58.4 Å². The fraction of sp³-hybridized carbons (Fsp3) is 0.529. The van der Waals surface area contributed by atoms with Crippen LogP contribution in [0.1, 0.15) is 13.3 Å². The fourth-order valence-electron chi connectivity index (χ4n) is 2.95. The van der Waals surface area contributed by atoms with E-state index in [1.54, 1.807) is 22.0 Å². The van der Waals surface area contributed by atoms with Gasteiger partial charge in [0.1, 0.15) is 6.54 Å². The van der Waals surface area contributed by atoms with Crippen molar-refractivity contribution in [1.29, 1.82) is 0 Å². The van der Waals surface area contributed by atoms with E-state index in [4.69, 9.17) is 0 Å². The van der Waals surface area contributed by atoms with Crippen molar-refractivity contribution in [3.05, 3.63) is 30.9 Å². The second kappa shape index (κ2) is 8.50. The number of nitrogens with one attached hydrogen (secondary N) is 1. The number of hydrogen-bond acceptors (Lipinski definition) is 4. The van der Waals surface area contributed by atoms with Crippen LogP contribution in [0.3, 0.4) is 0 Å². The van der Waals surface area contributed by atoms with Crippen molar-refractivity contribution in [1.82, 2.24) is 29.8 Å². The SMILES string of the molecule is CCNC(=NCCCn1cccn1)N1CCN(c2cnn(C)c2)C(=O)C1. The van der Waals surface area contributed by atoms with E-state index in [-0.39, 0.29) is 5.91 Å². The highest BCUT2D eigenvalue weighted by molar-refractivity contribution is 5.98. The highest BCUT2D eigenvalue weighted by Crippen LogP contribution is 2.16. The van der Waals surface area contributed by atoms with Crippen molar-refractivity contribution in [2.75, 3.05) is 37.6 Å². The minimum absolute atomic E-state index is 0.0615. The monoisotopic (exact) mass is 358 g/mol. The number of anilines is 1. The minimum atomic E-state index is 0.0615. The second-order valence-corrected chi connectivity index (χ2v) is 6.20. The van der Waals surface area contributed by atoms with Crippen LogP contribution in [0.2, 0.25) is 0 Å². The zero-order valence-electron chi connectivity index (χ0n) is 15.4. The van der Waals surface area contributed by atoms with Gasteiger partial charge in [-0.05, 0) is 19.4 Å². The largest absolute Gasteiger partial charge is 0.357 e. The van der Waals surface area contributed by atoms with Gasteiger partial charge in [-0.3, -0.25) is 19.2 Å². The Hall–Kier alpha value is -2.84. The quantitative estimate of drug-likeness (QED) is 0.457. The van der Waals surface area contributed by atoms with Gasteiger partial charge in [-0.25, -0.2) is 0 Å². The molecule has 3 heterocycles. The van der Waals surface area contributed by atoms with E-state index in [9.17, 15) is 4.79 Å². The van der Waals surface area contributed by atoms with E-state index in [2.05, 4.69) is 20.5 Å². The molecular weight excluding hydrogens is 332 g/mol. The number of guanidine groups is 1. The maximum atomic E-state index is 12.6. The summed E-state index contributed by atoms with van der Waals surface area (Å²) in [5, 5.41) is 11.6. The Morgan fingerprint density at radius 3 is 2.88 bits per heavy atom. The van der Waals surface area contributed by atoms with Crippen LogP contribution in [0.25, 0.3) is 0 Å². The van der Waals surface area contributed by atoms with E-state index in [1.807, 2.05) is 42.0 Å². The molecule has 1 aliphatic rings. The molecule has 1 aliphatic heterocycles. The van der Waals surface area contributed by atoms with Gasteiger partial charge in [-0.1, -0.05) is 0 Å². The molecule has 1 fully saturated rings. The predicted octanol–water partition coefficient (Wildman–Crippen LogP) is 0.321. The number of amides is 1. The molecule has 0 aliphatic carbocycles. The molecule has 26 heavy (non-hydrogen) atoms. The highest BCUT2D eigenvalue weighted by Gasteiger charge is 2.27. The molecule has 0 aromatic carbocycles. The number of aryl methyl sites for hydroxylation is 2. The first-order valence-corrected chi connectivity index (χ1v) is 8.97. The molecule has 9 nitrogen and oxygen atoms in total. The van der Waals surface area contributed by atoms with E-state index >= 15 is 0 Å². The molecule has 0 saturated carbocycles. The molecule has 0 spiro atoms. The predicted molar refractivity (Wildman–Crippen MR) is 100.0 cm³/mol. The van der Waals surface area contributed by atoms with E-state index < -0.39 is 0 Å². The molecule has 140 valence electrons. The van der Waals surface area contributed by atoms with Crippen LogP contribution in [-0.2, 0) is 18.4 Å². The summed E-state index contributed by atoms with van der Waals surface area (Å²) in [4.78, 5) is 21.0. The first-order valence-electron chi connectivity index (χ1n) is 8.97. The summed E-state index contributed by atoms with van der Waals surface area (Å²) in [5.41, 5.74) is 0.846. The van der Waals surface area contributed by atoms with Crippen molar-refractivity contribution in [2.24, 2.45) is 12.0 Å². The topological polar surface area (TPSA) is 83.6 Å². The van der Waals surface area contributed by atoms with Crippen molar-refractivity contribution in [3.8, 4) is 0 Å². The molecule has 0 bridgehead atoms. The van der Waals surface area contributed by atoms with E-state index in [1.165, 1.54) is 0 Å². The standard InChI is InChI=1S/C17H26N8O/c1-3-18-17(19-6-4-8-24-9-5-7-20-24)23-10-11-25(16(26)14-23)15-12-21-22(2)13-15/h5,7,9,12-13H,3-4,6,8,10-11,14H2,1-2H3,(H,18,19). The number of hydrogen-bond donors (Lipinski definition) is 1. The van der Waals surface area contributed by atoms with Crippen molar-refractivity contribution >= 4 is 17.6 Å². The highest BCUT2D eigenvalue weighted by atomic mass is 16.2. The second-order valence-electron chi connectivity index (χ2n) is 6.20. The van der Waals surface area contributed by atoms with Crippen LogP contribution in [0.5, 0.6) is 0 Å². The maximum absolute atomic E-state index is 12.6. The Morgan fingerprint density at radius 2 is 2.23 bits per heavy atom. The number of rotatable bonds is 6. The lowest BCUT2D eigenvalue weighted by molar-refractivity contribution is -0.120. The Bertz CT molecular complexity index is 736. The third-order valence-electron chi connectivity index (χ3n) is 4.22. The van der Waals surface area contributed by atoms with E-state index in [0.717, 1.165) is 37.7 Å². The van der Waals surface area contributed by atoms with Gasteiger partial charge in [-0.2, -0.15) is 10.2 Å². The molecule has 1 amide bonds. The van der Waals surface area contributed by atoms with Gasteiger partial charge < -0.3 is 15.1 Å². The Balaban J connectivity index is 1.56. The summed E-state index contributed by atoms with van der Waals surface area (Å²) in [6.07, 6.45) is 8.22. The Morgan fingerprint density at radius 1 is 1.35 bits per heavy atom. The Kier molecular flexibility index (Phi) is 5.88.